The lowest BCUT2D eigenvalue weighted by atomic mass is 10.2. The Kier molecular flexibility index (Phi) is 3.57. The summed E-state index contributed by atoms with van der Waals surface area (Å²) in [6.07, 6.45) is 0.249. The van der Waals surface area contributed by atoms with Crippen LogP contribution in [0, 0.1) is 6.92 Å². The second-order valence-corrected chi connectivity index (χ2v) is 4.46. The first-order chi connectivity index (χ1) is 8.13. The van der Waals surface area contributed by atoms with Crippen molar-refractivity contribution < 1.29 is 9.50 Å². The molecule has 0 spiro atoms. The van der Waals surface area contributed by atoms with Crippen molar-refractivity contribution in [3.63, 3.8) is 0 Å². The highest BCUT2D eigenvalue weighted by atomic mass is 19.1. The fourth-order valence-electron chi connectivity index (χ4n) is 2.23. The molecule has 0 radical (unpaired) electrons. The number of aliphatic hydroxyl groups excluding tert-OH is 1. The van der Waals surface area contributed by atoms with Crippen LogP contribution in [0.15, 0.2) is 6.07 Å². The minimum Gasteiger partial charge on any atom is -0.394 e. The van der Waals surface area contributed by atoms with Crippen molar-refractivity contribution in [1.82, 2.24) is 9.97 Å². The molecule has 2 rings (SSSR count). The van der Waals surface area contributed by atoms with E-state index in [2.05, 4.69) is 9.97 Å². The summed E-state index contributed by atoms with van der Waals surface area (Å²) in [5.41, 5.74) is 0.880. The van der Waals surface area contributed by atoms with Crippen LogP contribution in [0.2, 0.25) is 0 Å². The van der Waals surface area contributed by atoms with Gasteiger partial charge in [0.1, 0.15) is 17.8 Å². The Morgan fingerprint density at radius 2 is 2.29 bits per heavy atom. The van der Waals surface area contributed by atoms with E-state index in [1.165, 1.54) is 0 Å². The van der Waals surface area contributed by atoms with Crippen LogP contribution in [0.3, 0.4) is 0 Å². The third kappa shape index (κ3) is 2.54. The number of aryl methyl sites for hydroxylation is 2. The Hall–Kier alpha value is -1.23. The van der Waals surface area contributed by atoms with E-state index < -0.39 is 6.17 Å². The Bertz CT molecular complexity index is 399. The van der Waals surface area contributed by atoms with Crippen LogP contribution in [0.5, 0.6) is 0 Å². The Morgan fingerprint density at radius 1 is 1.53 bits per heavy atom. The lowest BCUT2D eigenvalue weighted by Crippen LogP contribution is -2.33. The van der Waals surface area contributed by atoms with E-state index in [4.69, 9.17) is 0 Å². The lowest BCUT2D eigenvalue weighted by molar-refractivity contribution is 0.255. The maximum Gasteiger partial charge on any atom is 0.132 e. The van der Waals surface area contributed by atoms with E-state index in [0.29, 0.717) is 13.0 Å². The zero-order chi connectivity index (χ0) is 12.4. The first kappa shape index (κ1) is 12.2. The summed E-state index contributed by atoms with van der Waals surface area (Å²) >= 11 is 0. The number of hydrogen-bond acceptors (Lipinski definition) is 4. The number of anilines is 1. The van der Waals surface area contributed by atoms with Gasteiger partial charge in [-0.15, -0.1) is 0 Å². The third-order valence-corrected chi connectivity index (χ3v) is 3.07. The van der Waals surface area contributed by atoms with Gasteiger partial charge >= 0.3 is 0 Å². The molecule has 1 saturated heterocycles. The van der Waals surface area contributed by atoms with Crippen LogP contribution in [0.25, 0.3) is 0 Å². The fraction of sp³-hybridized carbons (Fsp3) is 0.667. The molecule has 1 aliphatic rings. The van der Waals surface area contributed by atoms with Crippen LogP contribution in [-0.2, 0) is 6.42 Å². The number of aliphatic hydroxyl groups is 1. The molecule has 5 heteroatoms. The van der Waals surface area contributed by atoms with Gasteiger partial charge in [0.25, 0.3) is 0 Å². The van der Waals surface area contributed by atoms with Gasteiger partial charge in [-0.2, -0.15) is 0 Å². The smallest absolute Gasteiger partial charge is 0.132 e. The van der Waals surface area contributed by atoms with Crippen molar-refractivity contribution in [2.45, 2.75) is 38.9 Å². The second kappa shape index (κ2) is 4.96. The number of nitrogens with zero attached hydrogens (tertiary/aromatic N) is 3. The number of hydrogen-bond donors (Lipinski definition) is 1. The zero-order valence-electron chi connectivity index (χ0n) is 10.2. The first-order valence-electron chi connectivity index (χ1n) is 6.00. The van der Waals surface area contributed by atoms with Crippen LogP contribution in [0.4, 0.5) is 10.2 Å². The highest BCUT2D eigenvalue weighted by Gasteiger charge is 2.32. The SMILES string of the molecule is CCc1nc(C)cc(N2C[C@@H](F)C[C@H]2CO)n1. The molecule has 0 amide bonds. The molecule has 0 bridgehead atoms. The summed E-state index contributed by atoms with van der Waals surface area (Å²) in [5, 5.41) is 9.26. The summed E-state index contributed by atoms with van der Waals surface area (Å²) in [6, 6.07) is 1.68. The summed E-state index contributed by atoms with van der Waals surface area (Å²) in [6.45, 7) is 4.17. The standard InChI is InChI=1S/C12H18FN3O/c1-3-11-14-8(2)4-12(15-11)16-6-9(13)5-10(16)7-17/h4,9-10,17H,3,5-7H2,1-2H3/t9-,10-/m0/s1. The zero-order valence-corrected chi connectivity index (χ0v) is 10.2. The summed E-state index contributed by atoms with van der Waals surface area (Å²) in [4.78, 5) is 10.5. The lowest BCUT2D eigenvalue weighted by Gasteiger charge is -2.24. The van der Waals surface area contributed by atoms with E-state index >= 15 is 0 Å². The minimum atomic E-state index is -0.882. The van der Waals surface area contributed by atoms with Gasteiger partial charge in [-0.1, -0.05) is 6.92 Å². The van der Waals surface area contributed by atoms with E-state index in [9.17, 15) is 9.50 Å². The van der Waals surface area contributed by atoms with Crippen molar-refractivity contribution in [2.24, 2.45) is 0 Å². The third-order valence-electron chi connectivity index (χ3n) is 3.07. The molecule has 0 unspecified atom stereocenters. The second-order valence-electron chi connectivity index (χ2n) is 4.46. The van der Waals surface area contributed by atoms with Crippen molar-refractivity contribution >= 4 is 5.82 Å². The molecule has 1 aromatic heterocycles. The maximum atomic E-state index is 13.4. The molecule has 0 aliphatic carbocycles. The van der Waals surface area contributed by atoms with Gasteiger partial charge < -0.3 is 10.0 Å². The van der Waals surface area contributed by atoms with Crippen molar-refractivity contribution in [3.05, 3.63) is 17.6 Å². The van der Waals surface area contributed by atoms with E-state index in [1.807, 2.05) is 24.8 Å². The Balaban J connectivity index is 2.29. The van der Waals surface area contributed by atoms with Gasteiger partial charge in [0.15, 0.2) is 0 Å². The fourth-order valence-corrected chi connectivity index (χ4v) is 2.23. The summed E-state index contributed by atoms with van der Waals surface area (Å²) < 4.78 is 13.4. The monoisotopic (exact) mass is 239 g/mol. The van der Waals surface area contributed by atoms with Crippen LogP contribution in [-0.4, -0.2) is 40.4 Å². The largest absolute Gasteiger partial charge is 0.394 e. The van der Waals surface area contributed by atoms with Gasteiger partial charge in [0.2, 0.25) is 0 Å². The number of aromatic nitrogens is 2. The molecule has 0 aromatic carbocycles. The van der Waals surface area contributed by atoms with E-state index in [1.54, 1.807) is 0 Å². The van der Waals surface area contributed by atoms with Crippen molar-refractivity contribution in [3.8, 4) is 0 Å². The van der Waals surface area contributed by atoms with Gasteiger partial charge in [-0.05, 0) is 6.92 Å². The van der Waals surface area contributed by atoms with Crippen molar-refractivity contribution in [1.29, 1.82) is 0 Å². The topological polar surface area (TPSA) is 49.2 Å². The first-order valence-corrected chi connectivity index (χ1v) is 6.00. The molecule has 1 aromatic rings. The highest BCUT2D eigenvalue weighted by Crippen LogP contribution is 2.26. The predicted octanol–water partition coefficient (Wildman–Crippen LogP) is 1.26. The van der Waals surface area contributed by atoms with Crippen LogP contribution in [0.1, 0.15) is 24.9 Å². The average molecular weight is 239 g/mol. The van der Waals surface area contributed by atoms with Gasteiger partial charge in [-0.3, -0.25) is 0 Å². The van der Waals surface area contributed by atoms with Crippen LogP contribution < -0.4 is 4.90 Å². The number of halogens is 1. The number of rotatable bonds is 3. The Labute approximate surface area is 101 Å². The van der Waals surface area contributed by atoms with Crippen molar-refractivity contribution in [2.75, 3.05) is 18.1 Å². The molecular weight excluding hydrogens is 221 g/mol. The van der Waals surface area contributed by atoms with E-state index in [0.717, 1.165) is 23.8 Å². The van der Waals surface area contributed by atoms with Crippen LogP contribution >= 0.6 is 0 Å². The minimum absolute atomic E-state index is 0.0368. The molecule has 94 valence electrons. The Morgan fingerprint density at radius 3 is 2.94 bits per heavy atom. The normalized spacial score (nSPS) is 24.4. The predicted molar refractivity (Wildman–Crippen MR) is 63.9 cm³/mol. The molecule has 4 nitrogen and oxygen atoms in total. The molecule has 1 N–H and O–H groups in total. The summed E-state index contributed by atoms with van der Waals surface area (Å²) in [5.74, 6) is 1.49. The molecule has 0 saturated carbocycles. The molecule has 2 heterocycles. The number of alkyl halides is 1. The summed E-state index contributed by atoms with van der Waals surface area (Å²) in [7, 11) is 0. The molecule has 2 atom stereocenters. The molecule has 1 aliphatic heterocycles. The molecule has 17 heavy (non-hydrogen) atoms. The molecule has 1 fully saturated rings. The average Bonchev–Trinajstić information content (AvgIpc) is 2.69. The highest BCUT2D eigenvalue weighted by molar-refractivity contribution is 5.43. The van der Waals surface area contributed by atoms with Gasteiger partial charge in [-0.25, -0.2) is 14.4 Å². The van der Waals surface area contributed by atoms with Gasteiger partial charge in [0.05, 0.1) is 19.2 Å². The van der Waals surface area contributed by atoms with Gasteiger partial charge in [0, 0.05) is 24.6 Å². The molecular formula is C12H18FN3O. The quantitative estimate of drug-likeness (QED) is 0.862. The maximum absolute atomic E-state index is 13.4. The van der Waals surface area contributed by atoms with E-state index in [-0.39, 0.29) is 12.6 Å².